The van der Waals surface area contributed by atoms with Crippen LogP contribution in [0.2, 0.25) is 0 Å². The number of unbranched alkanes of at least 4 members (excludes halogenated alkanes) is 2. The predicted molar refractivity (Wildman–Crippen MR) is 70.7 cm³/mol. The summed E-state index contributed by atoms with van der Waals surface area (Å²) in [6, 6.07) is 0. The molecule has 4 nitrogen and oxygen atoms in total. The van der Waals surface area contributed by atoms with Crippen LogP contribution in [0.4, 0.5) is 0 Å². The van der Waals surface area contributed by atoms with Crippen molar-refractivity contribution in [2.24, 2.45) is 0 Å². The van der Waals surface area contributed by atoms with Gasteiger partial charge in [0.15, 0.2) is 0 Å². The Bertz CT molecular complexity index is 149. The van der Waals surface area contributed by atoms with E-state index >= 15 is 0 Å². The van der Waals surface area contributed by atoms with E-state index in [0.29, 0.717) is 26.4 Å². The molecule has 0 aromatic rings. The summed E-state index contributed by atoms with van der Waals surface area (Å²) in [7, 11) is -2.87. The molecule has 0 aliphatic carbocycles. The van der Waals surface area contributed by atoms with Crippen molar-refractivity contribution < 1.29 is 17.7 Å². The monoisotopic (exact) mass is 264 g/mol. The minimum absolute atomic E-state index is 0.560. The molecular weight excluding hydrogens is 236 g/mol. The van der Waals surface area contributed by atoms with E-state index < -0.39 is 9.05 Å². The van der Waals surface area contributed by atoms with Gasteiger partial charge in [-0.3, -0.25) is 0 Å². The smallest absolute Gasteiger partial charge is 0.351 e. The van der Waals surface area contributed by atoms with Crippen LogP contribution in [-0.2, 0) is 17.7 Å². The number of hydrogen-bond donors (Lipinski definition) is 0. The van der Waals surface area contributed by atoms with E-state index in [1.807, 2.05) is 13.8 Å². The fourth-order valence-electron chi connectivity index (χ4n) is 1.29. The minimum Gasteiger partial charge on any atom is -0.351 e. The molecule has 0 heterocycles. The third-order valence-corrected chi connectivity index (χ3v) is 4.60. The molecular formula is C12H28O4Si. The molecule has 0 aromatic heterocycles. The quantitative estimate of drug-likeness (QED) is 0.401. The number of rotatable bonds is 12. The Morgan fingerprint density at radius 3 is 1.35 bits per heavy atom. The van der Waals surface area contributed by atoms with Crippen LogP contribution < -0.4 is 0 Å². The van der Waals surface area contributed by atoms with Gasteiger partial charge in [0, 0.05) is 26.4 Å². The van der Waals surface area contributed by atoms with Gasteiger partial charge >= 0.3 is 9.05 Å². The first-order valence-electron chi connectivity index (χ1n) is 6.80. The van der Waals surface area contributed by atoms with Crippen LogP contribution in [0.5, 0.6) is 0 Å². The lowest BCUT2D eigenvalue weighted by Gasteiger charge is -2.27. The van der Waals surface area contributed by atoms with Gasteiger partial charge in [-0.05, 0) is 26.7 Å². The predicted octanol–water partition coefficient (Wildman–Crippen LogP) is 3.13. The zero-order valence-corrected chi connectivity index (χ0v) is 12.8. The lowest BCUT2D eigenvalue weighted by molar-refractivity contribution is -0.0309. The van der Waals surface area contributed by atoms with Crippen LogP contribution in [0.3, 0.4) is 0 Å². The summed E-state index contributed by atoms with van der Waals surface area (Å²) in [5.74, 6) is 0. The maximum atomic E-state index is 5.77. The van der Waals surface area contributed by atoms with Crippen molar-refractivity contribution in [3.8, 4) is 0 Å². The second-order valence-electron chi connectivity index (χ2n) is 3.77. The highest BCUT2D eigenvalue weighted by molar-refractivity contribution is 6.53. The molecule has 0 N–H and O–H groups in total. The largest absolute Gasteiger partial charge is 0.679 e. The van der Waals surface area contributed by atoms with Gasteiger partial charge in [-0.15, -0.1) is 0 Å². The summed E-state index contributed by atoms with van der Waals surface area (Å²) in [5.41, 5.74) is 0. The average Bonchev–Trinajstić information content (AvgIpc) is 2.30. The summed E-state index contributed by atoms with van der Waals surface area (Å²) < 4.78 is 22.8. The Balaban J connectivity index is 4.25. The summed E-state index contributed by atoms with van der Waals surface area (Å²) in [4.78, 5) is 0. The van der Waals surface area contributed by atoms with E-state index in [1.54, 1.807) is 0 Å². The maximum absolute atomic E-state index is 5.77. The van der Waals surface area contributed by atoms with Crippen molar-refractivity contribution in [2.75, 3.05) is 26.4 Å². The Morgan fingerprint density at radius 1 is 0.647 bits per heavy atom. The second-order valence-corrected chi connectivity index (χ2v) is 5.92. The van der Waals surface area contributed by atoms with Crippen molar-refractivity contribution in [2.45, 2.75) is 53.4 Å². The molecule has 0 radical (unpaired) electrons. The molecule has 0 spiro atoms. The average molecular weight is 264 g/mol. The van der Waals surface area contributed by atoms with E-state index in [9.17, 15) is 0 Å². The van der Waals surface area contributed by atoms with Crippen molar-refractivity contribution in [3.63, 3.8) is 0 Å². The molecule has 0 unspecified atom stereocenters. The first-order valence-corrected chi connectivity index (χ1v) is 8.43. The standard InChI is InChI=1S/C12H28O4Si/c1-5-9-11-15-17(13-7-3,14-8-4)16-12-10-6-2/h5-12H2,1-4H3. The Hall–Kier alpha value is 0.0569. The van der Waals surface area contributed by atoms with E-state index in [1.165, 1.54) is 0 Å². The first kappa shape index (κ1) is 17.1. The van der Waals surface area contributed by atoms with Crippen LogP contribution in [0.15, 0.2) is 0 Å². The highest BCUT2D eigenvalue weighted by Crippen LogP contribution is 2.13. The van der Waals surface area contributed by atoms with E-state index in [0.717, 1.165) is 25.7 Å². The fraction of sp³-hybridized carbons (Fsp3) is 1.00. The van der Waals surface area contributed by atoms with Gasteiger partial charge in [0.05, 0.1) is 0 Å². The fourth-order valence-corrected chi connectivity index (χ4v) is 3.28. The zero-order chi connectivity index (χ0) is 13.0. The van der Waals surface area contributed by atoms with Gasteiger partial charge in [0.2, 0.25) is 0 Å². The van der Waals surface area contributed by atoms with E-state index in [4.69, 9.17) is 17.7 Å². The van der Waals surface area contributed by atoms with Gasteiger partial charge in [0.1, 0.15) is 0 Å². The Morgan fingerprint density at radius 2 is 1.06 bits per heavy atom. The SMILES string of the molecule is CCCCO[Si](OCC)(OCC)OCCCC. The van der Waals surface area contributed by atoms with Crippen molar-refractivity contribution in [1.29, 1.82) is 0 Å². The lowest BCUT2D eigenvalue weighted by Crippen LogP contribution is -2.49. The highest BCUT2D eigenvalue weighted by Gasteiger charge is 2.44. The Labute approximate surface area is 107 Å². The zero-order valence-electron chi connectivity index (χ0n) is 11.8. The van der Waals surface area contributed by atoms with Gasteiger partial charge in [-0.1, -0.05) is 26.7 Å². The van der Waals surface area contributed by atoms with Crippen LogP contribution in [0.25, 0.3) is 0 Å². The van der Waals surface area contributed by atoms with Gasteiger partial charge in [-0.2, -0.15) is 0 Å². The molecule has 0 saturated heterocycles. The Kier molecular flexibility index (Phi) is 11.2. The van der Waals surface area contributed by atoms with Crippen molar-refractivity contribution >= 4 is 9.05 Å². The highest BCUT2D eigenvalue weighted by atomic mass is 28.4. The van der Waals surface area contributed by atoms with E-state index in [-0.39, 0.29) is 0 Å². The second kappa shape index (κ2) is 11.2. The molecule has 0 fully saturated rings. The molecule has 17 heavy (non-hydrogen) atoms. The van der Waals surface area contributed by atoms with Crippen LogP contribution in [-0.4, -0.2) is 35.5 Å². The lowest BCUT2D eigenvalue weighted by atomic mass is 10.4. The normalized spacial score (nSPS) is 12.0. The molecule has 0 aromatic carbocycles. The third kappa shape index (κ3) is 7.89. The molecule has 0 saturated carbocycles. The van der Waals surface area contributed by atoms with E-state index in [2.05, 4.69) is 13.8 Å². The molecule has 0 bridgehead atoms. The summed E-state index contributed by atoms with van der Waals surface area (Å²) in [5, 5.41) is 0. The molecule has 0 aliphatic heterocycles. The topological polar surface area (TPSA) is 36.9 Å². The van der Waals surface area contributed by atoms with Gasteiger partial charge < -0.3 is 17.7 Å². The summed E-state index contributed by atoms with van der Waals surface area (Å²) >= 11 is 0. The van der Waals surface area contributed by atoms with Crippen LogP contribution in [0.1, 0.15) is 53.4 Å². The van der Waals surface area contributed by atoms with Crippen molar-refractivity contribution in [3.05, 3.63) is 0 Å². The van der Waals surface area contributed by atoms with Gasteiger partial charge in [0.25, 0.3) is 0 Å². The molecule has 5 heteroatoms. The minimum atomic E-state index is -2.87. The van der Waals surface area contributed by atoms with Crippen LogP contribution in [0, 0.1) is 0 Å². The summed E-state index contributed by atoms with van der Waals surface area (Å²) in [6.45, 7) is 10.6. The van der Waals surface area contributed by atoms with Crippen molar-refractivity contribution in [1.82, 2.24) is 0 Å². The summed E-state index contributed by atoms with van der Waals surface area (Å²) in [6.07, 6.45) is 4.20. The molecule has 0 atom stereocenters. The number of hydrogen-bond acceptors (Lipinski definition) is 4. The first-order chi connectivity index (χ1) is 8.24. The molecule has 104 valence electrons. The molecule has 0 rings (SSSR count). The maximum Gasteiger partial charge on any atom is 0.679 e. The molecule has 0 aliphatic rings. The van der Waals surface area contributed by atoms with Crippen LogP contribution >= 0.6 is 0 Å². The van der Waals surface area contributed by atoms with Gasteiger partial charge in [-0.25, -0.2) is 0 Å². The molecule has 0 amide bonds. The third-order valence-electron chi connectivity index (χ3n) is 2.20.